The van der Waals surface area contributed by atoms with E-state index in [2.05, 4.69) is 229 Å². The number of hydrogen-bond acceptors (Lipinski definition) is 18. The van der Waals surface area contributed by atoms with Gasteiger partial charge in [-0.05, 0) is 90.0 Å². The van der Waals surface area contributed by atoms with Crippen LogP contribution >= 0.6 is 22.7 Å². The van der Waals surface area contributed by atoms with E-state index in [4.69, 9.17) is 13.8 Å². The van der Waals surface area contributed by atoms with Crippen LogP contribution in [0.25, 0.3) is 0 Å². The van der Waals surface area contributed by atoms with Gasteiger partial charge >= 0.3 is 0 Å². The molecule has 8 rings (SSSR count). The molecule has 452 valence electrons. The minimum absolute atomic E-state index is 0.0204. The Morgan fingerprint density at radius 1 is 0.537 bits per heavy atom. The molecule has 18 nitrogen and oxygen atoms in total. The monoisotopic (exact) mass is 1150 g/mol. The summed E-state index contributed by atoms with van der Waals surface area (Å²) in [6, 6.07) is 0. The SMILES string of the molecule is CC(C)C1=NC(C)(C)C(C)(C)N1.CC(C)C1=NC(C)(C)C(C)C(C)(C)N1.CC(C)c1nn[nH]n1.Cc1cnc(C(C)C)o1.Cc1cnc(C(C)C)s1.Cc1nc(C(C)C)[nH]c1C.Cc1nnc(C(C)C)o1.Cc1nnc(C(C)C)s1. The van der Waals surface area contributed by atoms with E-state index >= 15 is 0 Å². The van der Waals surface area contributed by atoms with E-state index in [9.17, 15) is 0 Å². The molecule has 2 aliphatic heterocycles. The van der Waals surface area contributed by atoms with E-state index in [0.29, 0.717) is 65.0 Å². The third kappa shape index (κ3) is 24.9. The third-order valence-corrected chi connectivity index (χ3v) is 15.7. The van der Waals surface area contributed by atoms with Gasteiger partial charge in [0.2, 0.25) is 11.8 Å². The van der Waals surface area contributed by atoms with Crippen molar-refractivity contribution >= 4 is 34.3 Å². The van der Waals surface area contributed by atoms with Crippen LogP contribution in [0.2, 0.25) is 0 Å². The maximum Gasteiger partial charge on any atom is 0.219 e. The smallest absolute Gasteiger partial charge is 0.219 e. The molecule has 0 spiro atoms. The van der Waals surface area contributed by atoms with E-state index in [1.165, 1.54) is 15.6 Å². The highest BCUT2D eigenvalue weighted by atomic mass is 32.1. The van der Waals surface area contributed by atoms with Crippen LogP contribution in [0.1, 0.15) is 275 Å². The molecular formula is C60H108N16O2S2. The topological polar surface area (TPSA) is 236 Å². The number of amidine groups is 2. The molecule has 1 atom stereocenters. The molecule has 0 bridgehead atoms. The van der Waals surface area contributed by atoms with Gasteiger partial charge in [-0.2, -0.15) is 5.21 Å². The number of rotatable bonds is 8. The summed E-state index contributed by atoms with van der Waals surface area (Å²) in [4.78, 5) is 26.6. The average molecular weight is 1150 g/mol. The Labute approximate surface area is 491 Å². The van der Waals surface area contributed by atoms with Gasteiger partial charge in [0.15, 0.2) is 11.7 Å². The van der Waals surface area contributed by atoms with Crippen LogP contribution in [0.4, 0.5) is 0 Å². The van der Waals surface area contributed by atoms with Gasteiger partial charge in [0, 0.05) is 82.5 Å². The van der Waals surface area contributed by atoms with Gasteiger partial charge in [0.1, 0.15) is 27.4 Å². The number of imidazole rings is 1. The Bertz CT molecular complexity index is 2510. The first-order chi connectivity index (χ1) is 36.6. The molecule has 0 fully saturated rings. The molecule has 0 saturated heterocycles. The van der Waals surface area contributed by atoms with Crippen LogP contribution in [0.3, 0.4) is 0 Å². The van der Waals surface area contributed by atoms with Crippen LogP contribution in [-0.4, -0.2) is 94.8 Å². The average Bonchev–Trinajstić information content (AvgIpc) is 4.21. The molecular weight excluding hydrogens is 1040 g/mol. The first kappa shape index (κ1) is 72.8. The fraction of sp³-hybridized carbons (Fsp3) is 0.733. The number of H-pyrrole nitrogens is 2. The van der Waals surface area contributed by atoms with E-state index in [0.717, 1.165) is 50.7 Å². The lowest BCUT2D eigenvalue weighted by Gasteiger charge is -2.47. The van der Waals surface area contributed by atoms with Crippen molar-refractivity contribution < 1.29 is 8.83 Å². The van der Waals surface area contributed by atoms with Crippen molar-refractivity contribution in [3.63, 3.8) is 0 Å². The van der Waals surface area contributed by atoms with Crippen molar-refractivity contribution in [3.8, 4) is 0 Å². The van der Waals surface area contributed by atoms with Crippen LogP contribution in [0.5, 0.6) is 0 Å². The molecule has 2 aliphatic rings. The summed E-state index contributed by atoms with van der Waals surface area (Å²) in [5.41, 5.74) is 2.60. The largest absolute Gasteiger partial charge is 0.446 e. The van der Waals surface area contributed by atoms with Gasteiger partial charge in [0.05, 0.1) is 39.4 Å². The number of aromatic nitrogens is 12. The standard InChI is InChI=1S/C12H24N2.C10H20N2.C8H14N2.C7H11NO.C7H11NS.C6H10N2O.C6H10N2S.C4H8N4/c1-8(2)10-13-11(4,5)9(3)12(6,7)14-10;1-7(2)8-11-9(3,4)10(5,6)12-8;1-5(2)8-9-6(3)7(4)10-8;2*1-5(2)7-8-4-6(3)9-7;2*1-4(2)6-8-7-5(3)9-6;1-3(2)4-5-7-8-6-4/h8-9H,1-7H3,(H,13,14);7H,1-6H3,(H,11,12);5H,1-4H3,(H,9,10);2*4-5H,1-3H3;2*4H,1-3H3;3H,1-2H3,(H,5,6,7,8). The van der Waals surface area contributed by atoms with Crippen LogP contribution in [0, 0.1) is 59.3 Å². The molecule has 80 heavy (non-hydrogen) atoms. The second kappa shape index (κ2) is 32.4. The number of nitrogens with zero attached hydrogens (tertiary/aromatic N) is 12. The zero-order valence-corrected chi connectivity index (χ0v) is 57.0. The van der Waals surface area contributed by atoms with E-state index in [1.807, 2.05) is 61.6 Å². The lowest BCUT2D eigenvalue weighted by molar-refractivity contribution is 0.189. The van der Waals surface area contributed by atoms with Crippen molar-refractivity contribution in [2.75, 3.05) is 0 Å². The maximum absolute atomic E-state index is 5.23. The summed E-state index contributed by atoms with van der Waals surface area (Å²) >= 11 is 3.46. The molecule has 0 saturated carbocycles. The second-order valence-electron chi connectivity index (χ2n) is 25.3. The van der Waals surface area contributed by atoms with Crippen molar-refractivity contribution in [3.05, 3.63) is 78.8 Å². The lowest BCUT2D eigenvalue weighted by Crippen LogP contribution is -2.59. The van der Waals surface area contributed by atoms with Gasteiger partial charge < -0.3 is 24.5 Å². The Hall–Kier alpha value is -5.24. The quantitative estimate of drug-likeness (QED) is 0.111. The van der Waals surface area contributed by atoms with Crippen molar-refractivity contribution in [2.24, 2.45) is 27.7 Å². The number of tetrazole rings is 1. The summed E-state index contributed by atoms with van der Waals surface area (Å²) in [5.74, 6) is 11.5. The number of oxazole rings is 1. The molecule has 1 unspecified atom stereocenters. The zero-order chi connectivity index (χ0) is 61.8. The Morgan fingerprint density at radius 3 is 1.34 bits per heavy atom. The zero-order valence-electron chi connectivity index (χ0n) is 55.4. The summed E-state index contributed by atoms with van der Waals surface area (Å²) < 4.78 is 10.4. The number of nitrogens with one attached hydrogen (secondary N) is 4. The number of aliphatic imine (C=N–C) groups is 2. The first-order valence-corrected chi connectivity index (χ1v) is 30.2. The van der Waals surface area contributed by atoms with Crippen LogP contribution in [0.15, 0.2) is 31.2 Å². The van der Waals surface area contributed by atoms with Crippen molar-refractivity contribution in [2.45, 2.75) is 272 Å². The highest BCUT2D eigenvalue weighted by Gasteiger charge is 2.43. The Balaban J connectivity index is 0.000000460. The van der Waals surface area contributed by atoms with E-state index in [1.54, 1.807) is 35.8 Å². The molecule has 6 aromatic heterocycles. The first-order valence-electron chi connectivity index (χ1n) is 28.6. The van der Waals surface area contributed by atoms with Gasteiger partial charge in [0.25, 0.3) is 0 Å². The minimum atomic E-state index is 0.0204. The predicted octanol–water partition coefficient (Wildman–Crippen LogP) is 15.7. The van der Waals surface area contributed by atoms with Crippen LogP contribution in [-0.2, 0) is 0 Å². The molecule has 0 amide bonds. The van der Waals surface area contributed by atoms with Gasteiger partial charge in [-0.1, -0.05) is 123 Å². The lowest BCUT2D eigenvalue weighted by atomic mass is 9.74. The molecule has 4 N–H and O–H groups in total. The highest BCUT2D eigenvalue weighted by molar-refractivity contribution is 7.11. The Kier molecular flexibility index (Phi) is 29.5. The van der Waals surface area contributed by atoms with Crippen molar-refractivity contribution in [1.82, 2.24) is 71.6 Å². The summed E-state index contributed by atoms with van der Waals surface area (Å²) in [6.45, 7) is 65.6. The third-order valence-electron chi connectivity index (χ3n) is 13.4. The number of aromatic amines is 2. The van der Waals surface area contributed by atoms with Crippen molar-refractivity contribution in [1.29, 1.82) is 0 Å². The maximum atomic E-state index is 5.23. The van der Waals surface area contributed by atoms with Gasteiger partial charge in [-0.3, -0.25) is 9.98 Å². The number of thiazole rings is 1. The molecule has 8 heterocycles. The number of aryl methyl sites for hydroxylation is 6. The van der Waals surface area contributed by atoms with E-state index < -0.39 is 0 Å². The summed E-state index contributed by atoms with van der Waals surface area (Å²) in [5, 5.41) is 39.2. The van der Waals surface area contributed by atoms with Gasteiger partial charge in [-0.25, -0.2) is 15.0 Å². The minimum Gasteiger partial charge on any atom is -0.446 e. The van der Waals surface area contributed by atoms with E-state index in [-0.39, 0.29) is 22.2 Å². The number of hydrogen-bond donors (Lipinski definition) is 4. The van der Waals surface area contributed by atoms with Crippen LogP contribution < -0.4 is 10.6 Å². The molecule has 20 heteroatoms. The molecule has 0 aromatic carbocycles. The predicted molar refractivity (Wildman–Crippen MR) is 335 cm³/mol. The highest BCUT2D eigenvalue weighted by Crippen LogP contribution is 2.35. The summed E-state index contributed by atoms with van der Waals surface area (Å²) in [7, 11) is 0. The fourth-order valence-corrected chi connectivity index (χ4v) is 8.35. The molecule has 0 aliphatic carbocycles. The van der Waals surface area contributed by atoms with Gasteiger partial charge in [-0.15, -0.1) is 53.3 Å². The summed E-state index contributed by atoms with van der Waals surface area (Å²) in [6.07, 6.45) is 3.68. The molecule has 6 aromatic rings. The molecule has 0 radical (unpaired) electrons. The second-order valence-corrected chi connectivity index (χ2v) is 27.8. The Morgan fingerprint density at radius 2 is 1.10 bits per heavy atom. The normalized spacial score (nSPS) is 16.2. The fourth-order valence-electron chi connectivity index (χ4n) is 6.88.